The molecule has 1 amide bonds. The van der Waals surface area contributed by atoms with E-state index in [0.717, 1.165) is 0 Å². The smallest absolute Gasteiger partial charge is 0.257 e. The number of hydrogen-bond acceptors (Lipinski definition) is 4. The summed E-state index contributed by atoms with van der Waals surface area (Å²) in [4.78, 5) is 13.7. The molecule has 1 aliphatic rings. The second-order valence-corrected chi connectivity index (χ2v) is 3.86. The molecule has 1 N–H and O–H groups in total. The predicted octanol–water partition coefficient (Wildman–Crippen LogP) is 0.421. The lowest BCUT2D eigenvalue weighted by molar-refractivity contribution is -0.0184. The van der Waals surface area contributed by atoms with E-state index < -0.39 is 0 Å². The van der Waals surface area contributed by atoms with Gasteiger partial charge in [0.1, 0.15) is 12.0 Å². The SMILES string of the molecule is Cc1cc(C(=O)N2CCOCC2CO)co1. The number of morpholine rings is 1. The summed E-state index contributed by atoms with van der Waals surface area (Å²) in [6, 6.07) is 1.45. The monoisotopic (exact) mass is 225 g/mol. The summed E-state index contributed by atoms with van der Waals surface area (Å²) in [5, 5.41) is 9.17. The Morgan fingerprint density at radius 2 is 2.50 bits per heavy atom. The second kappa shape index (κ2) is 4.67. The quantitative estimate of drug-likeness (QED) is 0.792. The van der Waals surface area contributed by atoms with Gasteiger partial charge in [0.05, 0.1) is 31.4 Å². The van der Waals surface area contributed by atoms with Gasteiger partial charge in [0.25, 0.3) is 5.91 Å². The molecule has 1 fully saturated rings. The van der Waals surface area contributed by atoms with Crippen molar-refractivity contribution >= 4 is 5.91 Å². The molecule has 1 unspecified atom stereocenters. The van der Waals surface area contributed by atoms with Crippen molar-refractivity contribution in [1.29, 1.82) is 0 Å². The van der Waals surface area contributed by atoms with Crippen molar-refractivity contribution in [1.82, 2.24) is 4.90 Å². The topological polar surface area (TPSA) is 62.9 Å². The molecule has 0 saturated carbocycles. The molecule has 5 heteroatoms. The number of nitrogens with zero attached hydrogens (tertiary/aromatic N) is 1. The first-order valence-electron chi connectivity index (χ1n) is 5.27. The average Bonchev–Trinajstić information content (AvgIpc) is 2.75. The number of furan rings is 1. The van der Waals surface area contributed by atoms with E-state index in [2.05, 4.69) is 0 Å². The van der Waals surface area contributed by atoms with E-state index >= 15 is 0 Å². The maximum absolute atomic E-state index is 12.1. The standard InChI is InChI=1S/C11H15NO4/c1-8-4-9(6-16-8)11(14)12-2-3-15-7-10(12)5-13/h4,6,10,13H,2-3,5,7H2,1H3. The van der Waals surface area contributed by atoms with Gasteiger partial charge in [-0.15, -0.1) is 0 Å². The highest BCUT2D eigenvalue weighted by molar-refractivity contribution is 5.94. The molecule has 0 aliphatic carbocycles. The van der Waals surface area contributed by atoms with Gasteiger partial charge in [0, 0.05) is 6.54 Å². The fraction of sp³-hybridized carbons (Fsp3) is 0.545. The van der Waals surface area contributed by atoms with Crippen LogP contribution >= 0.6 is 0 Å². The molecular formula is C11H15NO4. The van der Waals surface area contributed by atoms with Crippen LogP contribution in [0.1, 0.15) is 16.1 Å². The van der Waals surface area contributed by atoms with Crippen LogP contribution in [0, 0.1) is 6.92 Å². The van der Waals surface area contributed by atoms with E-state index in [9.17, 15) is 4.79 Å². The van der Waals surface area contributed by atoms with Crippen LogP contribution in [0.4, 0.5) is 0 Å². The van der Waals surface area contributed by atoms with Crippen LogP contribution in [0.2, 0.25) is 0 Å². The zero-order valence-electron chi connectivity index (χ0n) is 9.18. The Kier molecular flexibility index (Phi) is 3.26. The van der Waals surface area contributed by atoms with Crippen LogP contribution in [-0.2, 0) is 4.74 Å². The number of hydrogen-bond donors (Lipinski definition) is 1. The average molecular weight is 225 g/mol. The zero-order chi connectivity index (χ0) is 11.5. The number of rotatable bonds is 2. The van der Waals surface area contributed by atoms with Crippen molar-refractivity contribution in [2.75, 3.05) is 26.4 Å². The van der Waals surface area contributed by atoms with Crippen molar-refractivity contribution in [2.45, 2.75) is 13.0 Å². The van der Waals surface area contributed by atoms with Gasteiger partial charge in [0.15, 0.2) is 0 Å². The van der Waals surface area contributed by atoms with Gasteiger partial charge in [-0.3, -0.25) is 4.79 Å². The Labute approximate surface area is 93.6 Å². The molecule has 2 heterocycles. The van der Waals surface area contributed by atoms with Crippen LogP contribution in [0.25, 0.3) is 0 Å². The number of aliphatic hydroxyl groups excluding tert-OH is 1. The second-order valence-electron chi connectivity index (χ2n) is 3.86. The number of aliphatic hydroxyl groups is 1. The van der Waals surface area contributed by atoms with Gasteiger partial charge in [-0.25, -0.2) is 0 Å². The van der Waals surface area contributed by atoms with Crippen molar-refractivity contribution in [3.05, 3.63) is 23.7 Å². The highest BCUT2D eigenvalue weighted by atomic mass is 16.5. The Balaban J connectivity index is 2.13. The Hall–Kier alpha value is -1.33. The van der Waals surface area contributed by atoms with E-state index in [-0.39, 0.29) is 18.6 Å². The number of aryl methyl sites for hydroxylation is 1. The van der Waals surface area contributed by atoms with Crippen molar-refractivity contribution < 1.29 is 19.1 Å². The maximum atomic E-state index is 12.1. The summed E-state index contributed by atoms with van der Waals surface area (Å²) in [5.74, 6) is 0.594. The fourth-order valence-electron chi connectivity index (χ4n) is 1.79. The first-order valence-corrected chi connectivity index (χ1v) is 5.27. The molecule has 5 nitrogen and oxygen atoms in total. The number of carbonyl (C=O) groups excluding carboxylic acids is 1. The van der Waals surface area contributed by atoms with Crippen LogP contribution in [0.3, 0.4) is 0 Å². The Morgan fingerprint density at radius 1 is 1.69 bits per heavy atom. The van der Waals surface area contributed by atoms with E-state index in [1.54, 1.807) is 17.9 Å². The first kappa shape index (κ1) is 11.2. The summed E-state index contributed by atoms with van der Waals surface area (Å²) in [7, 11) is 0. The minimum absolute atomic E-state index is 0.0808. The van der Waals surface area contributed by atoms with Crippen LogP contribution < -0.4 is 0 Å². The number of carbonyl (C=O) groups is 1. The summed E-state index contributed by atoms with van der Waals surface area (Å²) in [5.41, 5.74) is 0.526. The van der Waals surface area contributed by atoms with Crippen molar-refractivity contribution in [3.63, 3.8) is 0 Å². The number of ether oxygens (including phenoxy) is 1. The third kappa shape index (κ3) is 2.10. The molecule has 0 spiro atoms. The highest BCUT2D eigenvalue weighted by Gasteiger charge is 2.28. The van der Waals surface area contributed by atoms with E-state index in [0.29, 0.717) is 31.1 Å². The maximum Gasteiger partial charge on any atom is 0.257 e. The molecule has 1 aliphatic heterocycles. The van der Waals surface area contributed by atoms with Gasteiger partial charge in [0.2, 0.25) is 0 Å². The summed E-state index contributed by atoms with van der Waals surface area (Å²) in [6.45, 7) is 3.12. The normalized spacial score (nSPS) is 21.1. The zero-order valence-corrected chi connectivity index (χ0v) is 9.18. The predicted molar refractivity (Wildman–Crippen MR) is 56.2 cm³/mol. The molecule has 2 rings (SSSR count). The van der Waals surface area contributed by atoms with Crippen LogP contribution in [0.5, 0.6) is 0 Å². The molecule has 0 radical (unpaired) electrons. The third-order valence-corrected chi connectivity index (χ3v) is 2.68. The van der Waals surface area contributed by atoms with E-state index in [1.807, 2.05) is 0 Å². The summed E-state index contributed by atoms with van der Waals surface area (Å²) in [6.07, 6.45) is 1.45. The highest BCUT2D eigenvalue weighted by Crippen LogP contribution is 2.14. The molecular weight excluding hydrogens is 210 g/mol. The van der Waals surface area contributed by atoms with Gasteiger partial charge >= 0.3 is 0 Å². The fourth-order valence-corrected chi connectivity index (χ4v) is 1.79. The molecule has 1 saturated heterocycles. The lowest BCUT2D eigenvalue weighted by Crippen LogP contribution is -2.50. The lowest BCUT2D eigenvalue weighted by atomic mass is 10.2. The van der Waals surface area contributed by atoms with Crippen LogP contribution in [0.15, 0.2) is 16.7 Å². The van der Waals surface area contributed by atoms with Crippen molar-refractivity contribution in [2.24, 2.45) is 0 Å². The Bertz CT molecular complexity index is 374. The van der Waals surface area contributed by atoms with Crippen molar-refractivity contribution in [3.8, 4) is 0 Å². The molecule has 88 valence electrons. The van der Waals surface area contributed by atoms with Crippen LogP contribution in [-0.4, -0.2) is 48.3 Å². The van der Waals surface area contributed by atoms with Gasteiger partial charge in [-0.2, -0.15) is 0 Å². The van der Waals surface area contributed by atoms with E-state index in [4.69, 9.17) is 14.3 Å². The summed E-state index contributed by atoms with van der Waals surface area (Å²) < 4.78 is 10.3. The summed E-state index contributed by atoms with van der Waals surface area (Å²) >= 11 is 0. The minimum atomic E-state index is -0.253. The minimum Gasteiger partial charge on any atom is -0.469 e. The molecule has 16 heavy (non-hydrogen) atoms. The van der Waals surface area contributed by atoms with Gasteiger partial charge < -0.3 is 19.2 Å². The third-order valence-electron chi connectivity index (χ3n) is 2.68. The molecule has 1 aromatic rings. The molecule has 0 aromatic carbocycles. The molecule has 0 bridgehead atoms. The van der Waals surface area contributed by atoms with E-state index in [1.165, 1.54) is 6.26 Å². The molecule has 1 atom stereocenters. The number of amides is 1. The molecule has 1 aromatic heterocycles. The lowest BCUT2D eigenvalue weighted by Gasteiger charge is -2.34. The largest absolute Gasteiger partial charge is 0.469 e. The first-order chi connectivity index (χ1) is 7.72. The Morgan fingerprint density at radius 3 is 3.12 bits per heavy atom. The van der Waals surface area contributed by atoms with Gasteiger partial charge in [-0.05, 0) is 13.0 Å². The van der Waals surface area contributed by atoms with Gasteiger partial charge in [-0.1, -0.05) is 0 Å².